The molecule has 0 spiro atoms. The van der Waals surface area contributed by atoms with Gasteiger partial charge in [-0.25, -0.2) is 9.97 Å². The minimum atomic E-state index is 0.0964. The quantitative estimate of drug-likeness (QED) is 0.884. The van der Waals surface area contributed by atoms with E-state index in [1.165, 1.54) is 0 Å². The molecule has 5 nitrogen and oxygen atoms in total. The van der Waals surface area contributed by atoms with E-state index in [1.807, 2.05) is 13.8 Å². The van der Waals surface area contributed by atoms with Crippen LogP contribution < -0.4 is 10.6 Å². The van der Waals surface area contributed by atoms with Crippen molar-refractivity contribution in [3.05, 3.63) is 16.9 Å². The predicted octanol–water partition coefficient (Wildman–Crippen LogP) is 2.73. The molecule has 20 heavy (non-hydrogen) atoms. The summed E-state index contributed by atoms with van der Waals surface area (Å²) in [6, 6.07) is 0.471. The second-order valence-electron chi connectivity index (χ2n) is 5.59. The van der Waals surface area contributed by atoms with E-state index in [9.17, 15) is 4.79 Å². The van der Waals surface area contributed by atoms with Crippen molar-refractivity contribution in [1.29, 1.82) is 0 Å². The van der Waals surface area contributed by atoms with Crippen LogP contribution in [-0.2, 0) is 4.79 Å². The van der Waals surface area contributed by atoms with Crippen molar-refractivity contribution in [2.24, 2.45) is 5.92 Å². The first kappa shape index (κ1) is 15.2. The van der Waals surface area contributed by atoms with Gasteiger partial charge in [-0.15, -0.1) is 0 Å². The molecule has 110 valence electrons. The van der Waals surface area contributed by atoms with Gasteiger partial charge in [0.15, 0.2) is 0 Å². The van der Waals surface area contributed by atoms with Crippen LogP contribution in [0.4, 0.5) is 5.95 Å². The number of nitrogens with one attached hydrogen (secondary N) is 2. The molecule has 0 unspecified atom stereocenters. The summed E-state index contributed by atoms with van der Waals surface area (Å²) in [7, 11) is 0. The van der Waals surface area contributed by atoms with Crippen LogP contribution in [0, 0.1) is 5.92 Å². The molecular weight excluding hydrogens is 320 g/mol. The maximum Gasteiger partial charge on any atom is 0.223 e. The number of aromatic nitrogens is 2. The second-order valence-corrected chi connectivity index (χ2v) is 6.51. The molecule has 1 amide bonds. The Kier molecular flexibility index (Phi) is 5.34. The van der Waals surface area contributed by atoms with Crippen molar-refractivity contribution < 1.29 is 4.79 Å². The van der Waals surface area contributed by atoms with Crippen molar-refractivity contribution in [3.63, 3.8) is 0 Å². The third kappa shape index (κ3) is 4.44. The van der Waals surface area contributed by atoms with Gasteiger partial charge in [0.05, 0.1) is 4.47 Å². The largest absolute Gasteiger partial charge is 0.354 e. The number of carbonyl (C=O) groups is 1. The van der Waals surface area contributed by atoms with Crippen LogP contribution in [0.25, 0.3) is 0 Å². The van der Waals surface area contributed by atoms with Gasteiger partial charge in [-0.2, -0.15) is 0 Å². The van der Waals surface area contributed by atoms with Crippen molar-refractivity contribution in [3.8, 4) is 0 Å². The highest BCUT2D eigenvalue weighted by molar-refractivity contribution is 9.10. The first-order valence-electron chi connectivity index (χ1n) is 7.09. The molecule has 2 rings (SSSR count). The lowest BCUT2D eigenvalue weighted by Crippen LogP contribution is -2.40. The maximum atomic E-state index is 12.1. The zero-order chi connectivity index (χ0) is 14.5. The van der Waals surface area contributed by atoms with Crippen molar-refractivity contribution in [2.45, 2.75) is 51.6 Å². The molecule has 1 aliphatic rings. The van der Waals surface area contributed by atoms with Crippen LogP contribution in [0.3, 0.4) is 0 Å². The maximum absolute atomic E-state index is 12.1. The third-order valence-electron chi connectivity index (χ3n) is 3.43. The number of hydrogen-bond acceptors (Lipinski definition) is 4. The van der Waals surface area contributed by atoms with E-state index in [4.69, 9.17) is 0 Å². The number of hydrogen-bond donors (Lipinski definition) is 2. The van der Waals surface area contributed by atoms with Gasteiger partial charge < -0.3 is 10.6 Å². The summed E-state index contributed by atoms with van der Waals surface area (Å²) < 4.78 is 0.862. The zero-order valence-corrected chi connectivity index (χ0v) is 13.5. The molecule has 0 bridgehead atoms. The fraction of sp³-hybridized carbons (Fsp3) is 0.643. The van der Waals surface area contributed by atoms with E-state index in [0.717, 1.165) is 30.2 Å². The Morgan fingerprint density at radius 3 is 2.70 bits per heavy atom. The zero-order valence-electron chi connectivity index (χ0n) is 11.9. The average Bonchev–Trinajstić information content (AvgIpc) is 2.41. The summed E-state index contributed by atoms with van der Waals surface area (Å²) in [5.74, 6) is 0.894. The van der Waals surface area contributed by atoms with Crippen LogP contribution in [0.5, 0.6) is 0 Å². The number of halogens is 1. The molecule has 1 saturated carbocycles. The lowest BCUT2D eigenvalue weighted by Gasteiger charge is -2.29. The highest BCUT2D eigenvalue weighted by Crippen LogP contribution is 2.26. The summed E-state index contributed by atoms with van der Waals surface area (Å²) in [6.07, 6.45) is 7.38. The van der Waals surface area contributed by atoms with Gasteiger partial charge in [0, 0.05) is 30.4 Å². The van der Waals surface area contributed by atoms with E-state index < -0.39 is 0 Å². The first-order valence-corrected chi connectivity index (χ1v) is 7.88. The van der Waals surface area contributed by atoms with Gasteiger partial charge in [-0.1, -0.05) is 6.42 Å². The van der Waals surface area contributed by atoms with Gasteiger partial charge >= 0.3 is 0 Å². The first-order chi connectivity index (χ1) is 9.54. The molecule has 0 aromatic carbocycles. The molecule has 1 fully saturated rings. The summed E-state index contributed by atoms with van der Waals surface area (Å²) >= 11 is 3.32. The van der Waals surface area contributed by atoms with Gasteiger partial charge in [-0.3, -0.25) is 4.79 Å². The van der Waals surface area contributed by atoms with Crippen LogP contribution in [0.2, 0.25) is 0 Å². The Labute approximate surface area is 128 Å². The summed E-state index contributed by atoms with van der Waals surface area (Å²) in [6.45, 7) is 3.98. The standard InChI is InChI=1S/C14H21BrN4O/c1-9(2)18-13(20)10-4-3-5-12(6-10)19-14-16-7-11(15)8-17-14/h7-10,12H,3-6H2,1-2H3,(H,18,20)(H,16,17,19)/t10-,12-/m1/s1. The molecule has 2 N–H and O–H groups in total. The van der Waals surface area contributed by atoms with E-state index in [1.54, 1.807) is 12.4 Å². The van der Waals surface area contributed by atoms with Crippen molar-refractivity contribution >= 4 is 27.8 Å². The number of nitrogens with zero attached hydrogens (tertiary/aromatic N) is 2. The van der Waals surface area contributed by atoms with E-state index >= 15 is 0 Å². The highest BCUT2D eigenvalue weighted by Gasteiger charge is 2.27. The fourth-order valence-corrected chi connectivity index (χ4v) is 2.74. The SMILES string of the molecule is CC(C)NC(=O)[C@@H]1CCC[C@@H](Nc2ncc(Br)cn2)C1. The number of rotatable bonds is 4. The average molecular weight is 341 g/mol. The summed E-state index contributed by atoms with van der Waals surface area (Å²) in [5, 5.41) is 6.32. The number of amides is 1. The number of anilines is 1. The Morgan fingerprint density at radius 1 is 1.35 bits per heavy atom. The van der Waals surface area contributed by atoms with Gasteiger partial charge in [0.1, 0.15) is 0 Å². The number of carbonyl (C=O) groups excluding carboxylic acids is 1. The molecule has 1 aromatic heterocycles. The normalized spacial score (nSPS) is 22.6. The summed E-state index contributed by atoms with van der Waals surface area (Å²) in [4.78, 5) is 20.5. The van der Waals surface area contributed by atoms with Crippen LogP contribution in [-0.4, -0.2) is 28.0 Å². The molecule has 0 aliphatic heterocycles. The van der Waals surface area contributed by atoms with Crippen LogP contribution in [0.1, 0.15) is 39.5 Å². The van der Waals surface area contributed by atoms with Crippen molar-refractivity contribution in [2.75, 3.05) is 5.32 Å². The van der Waals surface area contributed by atoms with Gasteiger partial charge in [0.25, 0.3) is 0 Å². The Balaban J connectivity index is 1.90. The molecule has 0 radical (unpaired) electrons. The molecule has 1 heterocycles. The molecule has 2 atom stereocenters. The predicted molar refractivity (Wildman–Crippen MR) is 82.4 cm³/mol. The fourth-order valence-electron chi connectivity index (χ4n) is 2.53. The third-order valence-corrected chi connectivity index (χ3v) is 3.84. The minimum Gasteiger partial charge on any atom is -0.354 e. The van der Waals surface area contributed by atoms with E-state index in [0.29, 0.717) is 5.95 Å². The Morgan fingerprint density at radius 2 is 2.05 bits per heavy atom. The Bertz CT molecular complexity index is 449. The van der Waals surface area contributed by atoms with Gasteiger partial charge in [0.2, 0.25) is 11.9 Å². The molecular formula is C14H21BrN4O. The molecule has 0 saturated heterocycles. The molecule has 1 aromatic rings. The highest BCUT2D eigenvalue weighted by atomic mass is 79.9. The van der Waals surface area contributed by atoms with E-state index in [-0.39, 0.29) is 23.9 Å². The van der Waals surface area contributed by atoms with Crippen molar-refractivity contribution in [1.82, 2.24) is 15.3 Å². The lowest BCUT2D eigenvalue weighted by molar-refractivity contribution is -0.126. The van der Waals surface area contributed by atoms with Gasteiger partial charge in [-0.05, 0) is 49.0 Å². The molecule has 6 heteroatoms. The minimum absolute atomic E-state index is 0.0964. The smallest absolute Gasteiger partial charge is 0.223 e. The van der Waals surface area contributed by atoms with Crippen LogP contribution >= 0.6 is 15.9 Å². The summed E-state index contributed by atoms with van der Waals surface area (Å²) in [5.41, 5.74) is 0. The second kappa shape index (κ2) is 7.02. The monoisotopic (exact) mass is 340 g/mol. The topological polar surface area (TPSA) is 66.9 Å². The Hall–Kier alpha value is -1.17. The molecule has 1 aliphatic carbocycles. The van der Waals surface area contributed by atoms with Crippen LogP contribution in [0.15, 0.2) is 16.9 Å². The lowest BCUT2D eigenvalue weighted by atomic mass is 9.85. The van der Waals surface area contributed by atoms with E-state index in [2.05, 4.69) is 36.5 Å².